The number of hydrogen-bond acceptors (Lipinski definition) is 7. The molecule has 220 valence electrons. The zero-order valence-corrected chi connectivity index (χ0v) is 23.8. The second-order valence-corrected chi connectivity index (χ2v) is 10.9. The van der Waals surface area contributed by atoms with E-state index in [1.807, 2.05) is 6.92 Å². The van der Waals surface area contributed by atoms with Gasteiger partial charge in [0.25, 0.3) is 0 Å². The van der Waals surface area contributed by atoms with Crippen molar-refractivity contribution in [3.8, 4) is 11.1 Å². The average Bonchev–Trinajstić information content (AvgIpc) is 2.97. The molecule has 3 heterocycles. The maximum absolute atomic E-state index is 14.7. The van der Waals surface area contributed by atoms with Crippen LogP contribution in [0.15, 0.2) is 42.6 Å². The summed E-state index contributed by atoms with van der Waals surface area (Å²) in [6.45, 7) is 1.97. The molecule has 2 aromatic carbocycles. The fourth-order valence-electron chi connectivity index (χ4n) is 5.38. The van der Waals surface area contributed by atoms with Crippen LogP contribution in [0.1, 0.15) is 61.6 Å². The molecule has 0 saturated carbocycles. The molecule has 3 atom stereocenters. The number of ether oxygens (including phenoxy) is 2. The molecule has 2 aliphatic heterocycles. The van der Waals surface area contributed by atoms with E-state index in [1.54, 1.807) is 30.5 Å². The Hall–Kier alpha value is -4.12. The Kier molecular flexibility index (Phi) is 8.67. The van der Waals surface area contributed by atoms with Crippen LogP contribution in [0.25, 0.3) is 11.1 Å². The van der Waals surface area contributed by atoms with Gasteiger partial charge in [0, 0.05) is 35.7 Å². The minimum atomic E-state index is -1.13. The SMILES string of the molecule is COC(=O)Cc1ccc2c(c1)NC(=O)C(C)CCC[C@H](N1CC[C@H](c3c(F)ccc(Cl)c3F)OC1=O)c1cc-2cnn1. The third kappa shape index (κ3) is 6.06. The number of carbonyl (C=O) groups is 3. The number of halogens is 3. The van der Waals surface area contributed by atoms with Crippen molar-refractivity contribution < 1.29 is 32.6 Å². The van der Waals surface area contributed by atoms with Gasteiger partial charge in [0.1, 0.15) is 11.9 Å². The number of methoxy groups -OCH3 is 1. The molecule has 0 aliphatic carbocycles. The summed E-state index contributed by atoms with van der Waals surface area (Å²) in [4.78, 5) is 39.8. The number of amides is 2. The van der Waals surface area contributed by atoms with Crippen LogP contribution in [0, 0.1) is 17.6 Å². The van der Waals surface area contributed by atoms with Gasteiger partial charge < -0.3 is 14.8 Å². The first kappa shape index (κ1) is 29.4. The van der Waals surface area contributed by atoms with E-state index in [1.165, 1.54) is 12.0 Å². The Labute approximate surface area is 246 Å². The molecule has 42 heavy (non-hydrogen) atoms. The topological polar surface area (TPSA) is 111 Å². The first-order valence-electron chi connectivity index (χ1n) is 13.6. The molecule has 3 aromatic rings. The van der Waals surface area contributed by atoms with Crippen LogP contribution < -0.4 is 5.32 Å². The van der Waals surface area contributed by atoms with E-state index in [4.69, 9.17) is 21.1 Å². The van der Waals surface area contributed by atoms with Gasteiger partial charge >= 0.3 is 12.1 Å². The summed E-state index contributed by atoms with van der Waals surface area (Å²) in [6, 6.07) is 8.68. The van der Waals surface area contributed by atoms with Crippen molar-refractivity contribution in [2.45, 2.75) is 51.2 Å². The number of anilines is 1. The highest BCUT2D eigenvalue weighted by atomic mass is 35.5. The molecule has 2 bridgehead atoms. The standard InChI is InChI=1S/C30H29ClF2N4O5/c1-16-4-3-5-24(37-11-10-25(42-30(37)40)27-21(32)9-8-20(31)28(27)33)23-14-18(15-34-36-23)19-7-6-17(13-26(38)41-2)12-22(19)35-29(16)39/h6-9,12,14-16,24-25H,3-5,10-11,13H2,1-2H3,(H,35,39)/t16?,24-,25+/m0/s1. The Morgan fingerprint density at radius 2 is 1.98 bits per heavy atom. The summed E-state index contributed by atoms with van der Waals surface area (Å²) in [5.74, 6) is -2.73. The Bertz CT molecular complexity index is 1540. The third-order valence-electron chi connectivity index (χ3n) is 7.69. The summed E-state index contributed by atoms with van der Waals surface area (Å²) in [5, 5.41) is 11.3. The summed E-state index contributed by atoms with van der Waals surface area (Å²) in [7, 11) is 1.31. The van der Waals surface area contributed by atoms with E-state index in [0.717, 1.165) is 12.1 Å². The molecule has 0 spiro atoms. The molecule has 5 rings (SSSR count). The molecular weight excluding hydrogens is 570 g/mol. The van der Waals surface area contributed by atoms with E-state index >= 15 is 0 Å². The number of aromatic nitrogens is 2. The number of carbonyl (C=O) groups excluding carboxylic acids is 3. The van der Waals surface area contributed by atoms with Crippen LogP contribution >= 0.6 is 11.6 Å². The van der Waals surface area contributed by atoms with E-state index in [0.29, 0.717) is 47.3 Å². The summed E-state index contributed by atoms with van der Waals surface area (Å²) < 4.78 is 39.5. The van der Waals surface area contributed by atoms with Crippen molar-refractivity contribution in [1.29, 1.82) is 0 Å². The fraction of sp³-hybridized carbons (Fsp3) is 0.367. The molecule has 1 unspecified atom stereocenters. The minimum absolute atomic E-state index is 0.0399. The first-order chi connectivity index (χ1) is 20.2. The monoisotopic (exact) mass is 598 g/mol. The largest absolute Gasteiger partial charge is 0.469 e. The van der Waals surface area contributed by atoms with Crippen molar-refractivity contribution in [2.24, 2.45) is 5.92 Å². The lowest BCUT2D eigenvalue weighted by Crippen LogP contribution is -2.42. The maximum atomic E-state index is 14.7. The second-order valence-electron chi connectivity index (χ2n) is 10.5. The van der Waals surface area contributed by atoms with Gasteiger partial charge in [-0.25, -0.2) is 13.6 Å². The number of cyclic esters (lactones) is 1. The molecule has 1 N–H and O–H groups in total. The average molecular weight is 599 g/mol. The summed E-state index contributed by atoms with van der Waals surface area (Å²) in [6.07, 6.45) is 1.41. The first-order valence-corrected chi connectivity index (χ1v) is 14.0. The number of nitrogens with zero attached hydrogens (tertiary/aromatic N) is 3. The van der Waals surface area contributed by atoms with Gasteiger partial charge in [-0.05, 0) is 42.7 Å². The van der Waals surface area contributed by atoms with Crippen molar-refractivity contribution in [3.05, 3.63) is 76.1 Å². The normalized spacial score (nSPS) is 20.9. The lowest BCUT2D eigenvalue weighted by Gasteiger charge is -2.37. The van der Waals surface area contributed by atoms with Crippen LogP contribution in [0.2, 0.25) is 5.02 Å². The molecule has 1 saturated heterocycles. The molecule has 0 radical (unpaired) electrons. The molecule has 9 nitrogen and oxygen atoms in total. The van der Waals surface area contributed by atoms with Gasteiger partial charge in [-0.15, -0.1) is 0 Å². The number of benzene rings is 2. The highest BCUT2D eigenvalue weighted by Crippen LogP contribution is 2.38. The Morgan fingerprint density at radius 3 is 2.74 bits per heavy atom. The fourth-order valence-corrected chi connectivity index (χ4v) is 5.54. The number of rotatable bonds is 4. The van der Waals surface area contributed by atoms with Crippen LogP contribution in [0.4, 0.5) is 19.3 Å². The van der Waals surface area contributed by atoms with E-state index in [-0.39, 0.29) is 41.8 Å². The van der Waals surface area contributed by atoms with Gasteiger partial charge in [0.2, 0.25) is 5.91 Å². The lowest BCUT2D eigenvalue weighted by atomic mass is 9.94. The van der Waals surface area contributed by atoms with Crippen LogP contribution in [0.3, 0.4) is 0 Å². The zero-order chi connectivity index (χ0) is 30.0. The predicted octanol–water partition coefficient (Wildman–Crippen LogP) is 6.17. The number of hydrogen-bond donors (Lipinski definition) is 1. The highest BCUT2D eigenvalue weighted by molar-refractivity contribution is 6.30. The quantitative estimate of drug-likeness (QED) is 0.282. The van der Waals surface area contributed by atoms with Gasteiger partial charge in [-0.3, -0.25) is 14.5 Å². The summed E-state index contributed by atoms with van der Waals surface area (Å²) in [5.41, 5.74) is 2.61. The van der Waals surface area contributed by atoms with Crippen LogP contribution in [0.5, 0.6) is 0 Å². The molecule has 1 aromatic heterocycles. The second kappa shape index (κ2) is 12.4. The number of nitrogens with one attached hydrogen (secondary N) is 1. The maximum Gasteiger partial charge on any atom is 0.410 e. The van der Waals surface area contributed by atoms with Gasteiger partial charge in [-0.1, -0.05) is 37.1 Å². The Balaban J connectivity index is 1.48. The van der Waals surface area contributed by atoms with Gasteiger partial charge in [-0.2, -0.15) is 10.2 Å². The van der Waals surface area contributed by atoms with E-state index < -0.39 is 35.8 Å². The predicted molar refractivity (Wildman–Crippen MR) is 149 cm³/mol. The Morgan fingerprint density at radius 1 is 1.17 bits per heavy atom. The molecule has 12 heteroatoms. The molecule has 1 fully saturated rings. The smallest absolute Gasteiger partial charge is 0.410 e. The molecule has 2 amide bonds. The van der Waals surface area contributed by atoms with Crippen molar-refractivity contribution in [3.63, 3.8) is 0 Å². The van der Waals surface area contributed by atoms with Crippen LogP contribution in [-0.4, -0.2) is 46.7 Å². The minimum Gasteiger partial charge on any atom is -0.469 e. The highest BCUT2D eigenvalue weighted by Gasteiger charge is 2.37. The lowest BCUT2D eigenvalue weighted by molar-refractivity contribution is -0.139. The van der Waals surface area contributed by atoms with Crippen molar-refractivity contribution >= 4 is 35.3 Å². The van der Waals surface area contributed by atoms with Crippen molar-refractivity contribution in [1.82, 2.24) is 15.1 Å². The third-order valence-corrected chi connectivity index (χ3v) is 7.99. The molecular formula is C30H29ClF2N4O5. The summed E-state index contributed by atoms with van der Waals surface area (Å²) >= 11 is 5.86. The van der Waals surface area contributed by atoms with Gasteiger partial charge in [0.05, 0.1) is 42.0 Å². The molecule has 2 aliphatic rings. The van der Waals surface area contributed by atoms with Crippen LogP contribution in [-0.2, 0) is 25.5 Å². The zero-order valence-electron chi connectivity index (χ0n) is 23.0. The van der Waals surface area contributed by atoms with Gasteiger partial charge in [0.15, 0.2) is 5.82 Å². The number of fused-ring (bicyclic) bond motifs is 4. The van der Waals surface area contributed by atoms with Crippen molar-refractivity contribution in [2.75, 3.05) is 19.0 Å². The van der Waals surface area contributed by atoms with E-state index in [2.05, 4.69) is 15.5 Å². The number of esters is 1. The van der Waals surface area contributed by atoms with E-state index in [9.17, 15) is 23.2 Å².